The van der Waals surface area contributed by atoms with E-state index in [2.05, 4.69) is 34.3 Å². The van der Waals surface area contributed by atoms with Gasteiger partial charge >= 0.3 is 0 Å². The highest BCUT2D eigenvalue weighted by molar-refractivity contribution is 7.98. The summed E-state index contributed by atoms with van der Waals surface area (Å²) in [5, 5.41) is 4.96. The fourth-order valence-electron chi connectivity index (χ4n) is 2.42. The third-order valence-corrected chi connectivity index (χ3v) is 4.90. The van der Waals surface area contributed by atoms with Crippen LogP contribution in [0.3, 0.4) is 0 Å². The van der Waals surface area contributed by atoms with E-state index in [4.69, 9.17) is 0 Å². The van der Waals surface area contributed by atoms with Crippen LogP contribution in [0.4, 0.5) is 0 Å². The molecule has 0 fully saturated rings. The lowest BCUT2D eigenvalue weighted by Crippen LogP contribution is -2.19. The number of nitrogens with zero attached hydrogens (tertiary/aromatic N) is 3. The van der Waals surface area contributed by atoms with Gasteiger partial charge in [0.1, 0.15) is 0 Å². The van der Waals surface area contributed by atoms with Crippen molar-refractivity contribution in [3.63, 3.8) is 0 Å². The Morgan fingerprint density at radius 2 is 1.78 bits per heavy atom. The van der Waals surface area contributed by atoms with E-state index < -0.39 is 0 Å². The van der Waals surface area contributed by atoms with E-state index >= 15 is 0 Å². The van der Waals surface area contributed by atoms with Crippen LogP contribution < -0.4 is 5.43 Å². The Bertz CT molecular complexity index is 780. The Balaban J connectivity index is 1.88. The van der Waals surface area contributed by atoms with Gasteiger partial charge in [0.2, 0.25) is 0 Å². The molecule has 1 aromatic heterocycles. The van der Waals surface area contributed by atoms with Crippen molar-refractivity contribution in [2.45, 2.75) is 58.4 Å². The number of hydrazone groups is 1. The lowest BCUT2D eigenvalue weighted by atomic mass is 10.1. The zero-order valence-electron chi connectivity index (χ0n) is 16.7. The highest BCUT2D eigenvalue weighted by atomic mass is 32.2. The number of nitrogens with one attached hydrogen (secondary N) is 1. The third kappa shape index (κ3) is 7.51. The molecule has 5 nitrogen and oxygen atoms in total. The van der Waals surface area contributed by atoms with E-state index in [1.807, 2.05) is 51.1 Å². The largest absolute Gasteiger partial charge is 0.271 e. The summed E-state index contributed by atoms with van der Waals surface area (Å²) >= 11 is 1.59. The number of hydrogen-bond acceptors (Lipinski definition) is 5. The minimum atomic E-state index is -0.184. The molecule has 0 bridgehead atoms. The Kier molecular flexibility index (Phi) is 7.98. The number of aryl methyl sites for hydroxylation is 2. The van der Waals surface area contributed by atoms with Crippen molar-refractivity contribution in [1.29, 1.82) is 0 Å². The summed E-state index contributed by atoms with van der Waals surface area (Å²) in [6, 6.07) is 9.53. The summed E-state index contributed by atoms with van der Waals surface area (Å²) in [5.74, 6) is 1.21. The molecule has 1 heterocycles. The molecule has 0 aliphatic heterocycles. The number of benzene rings is 1. The molecular formula is C21H28N4OS. The van der Waals surface area contributed by atoms with Crippen LogP contribution in [0.5, 0.6) is 0 Å². The summed E-state index contributed by atoms with van der Waals surface area (Å²) in [6.07, 6.45) is 1.97. The van der Waals surface area contributed by atoms with E-state index in [0.29, 0.717) is 11.5 Å². The van der Waals surface area contributed by atoms with Crippen molar-refractivity contribution in [1.82, 2.24) is 15.4 Å². The van der Waals surface area contributed by atoms with E-state index in [9.17, 15) is 4.79 Å². The van der Waals surface area contributed by atoms with Crippen molar-refractivity contribution in [3.05, 3.63) is 52.8 Å². The molecule has 2 aromatic rings. The van der Waals surface area contributed by atoms with Crippen molar-refractivity contribution in [2.75, 3.05) is 0 Å². The zero-order chi connectivity index (χ0) is 19.8. The summed E-state index contributed by atoms with van der Waals surface area (Å²) in [6.45, 7) is 10.2. The monoisotopic (exact) mass is 384 g/mol. The van der Waals surface area contributed by atoms with Gasteiger partial charge < -0.3 is 0 Å². The van der Waals surface area contributed by atoms with Crippen LogP contribution in [0.15, 0.2) is 40.6 Å². The third-order valence-electron chi connectivity index (χ3n) is 3.98. The predicted octanol–water partition coefficient (Wildman–Crippen LogP) is 4.93. The number of carbonyl (C=O) groups excluding carboxylic acids is 1. The van der Waals surface area contributed by atoms with Crippen molar-refractivity contribution >= 4 is 23.4 Å². The molecule has 1 aromatic carbocycles. The minimum Gasteiger partial charge on any atom is -0.267 e. The first-order chi connectivity index (χ1) is 12.8. The molecule has 1 amide bonds. The SMILES string of the molecule is C/C(CCC(C)C)=N/NC(=O)c1ccc(CSc2nc(C)cc(C)n2)cc1. The van der Waals surface area contributed by atoms with Gasteiger partial charge in [-0.3, -0.25) is 4.79 Å². The van der Waals surface area contributed by atoms with E-state index in [-0.39, 0.29) is 5.91 Å². The van der Waals surface area contributed by atoms with E-state index in [1.54, 1.807) is 11.8 Å². The van der Waals surface area contributed by atoms with Gasteiger partial charge in [-0.15, -0.1) is 0 Å². The first kappa shape index (κ1) is 21.1. The lowest BCUT2D eigenvalue weighted by Gasteiger charge is -2.06. The molecule has 0 saturated carbocycles. The van der Waals surface area contributed by atoms with Gasteiger partial charge in [0.25, 0.3) is 5.91 Å². The maximum Gasteiger partial charge on any atom is 0.271 e. The molecule has 2 rings (SSSR count). The molecule has 6 heteroatoms. The van der Waals surface area contributed by atoms with Gasteiger partial charge in [0.15, 0.2) is 5.16 Å². The average molecular weight is 385 g/mol. The quantitative estimate of drug-likeness (QED) is 0.303. The molecule has 0 atom stereocenters. The first-order valence-electron chi connectivity index (χ1n) is 9.21. The van der Waals surface area contributed by atoms with Gasteiger partial charge in [-0.2, -0.15) is 5.10 Å². The molecule has 0 saturated heterocycles. The van der Waals surface area contributed by atoms with Gasteiger partial charge in [0, 0.05) is 28.4 Å². The number of hydrogen-bond donors (Lipinski definition) is 1. The molecule has 0 aliphatic rings. The molecule has 27 heavy (non-hydrogen) atoms. The Morgan fingerprint density at radius 1 is 1.15 bits per heavy atom. The van der Waals surface area contributed by atoms with Crippen LogP contribution in [-0.2, 0) is 5.75 Å². The molecule has 144 valence electrons. The van der Waals surface area contributed by atoms with E-state index in [0.717, 1.165) is 46.4 Å². The second kappa shape index (κ2) is 10.2. The maximum atomic E-state index is 12.2. The maximum absolute atomic E-state index is 12.2. The highest BCUT2D eigenvalue weighted by Gasteiger charge is 2.06. The van der Waals surface area contributed by atoms with Gasteiger partial charge in [-0.1, -0.05) is 37.7 Å². The Hall–Kier alpha value is -2.21. The second-order valence-electron chi connectivity index (χ2n) is 7.14. The Labute approximate surface area is 166 Å². The molecule has 1 N–H and O–H groups in total. The molecular weight excluding hydrogens is 356 g/mol. The molecule has 0 aliphatic carbocycles. The number of thioether (sulfide) groups is 1. The van der Waals surface area contributed by atoms with Crippen molar-refractivity contribution in [3.8, 4) is 0 Å². The normalized spacial score (nSPS) is 11.7. The summed E-state index contributed by atoms with van der Waals surface area (Å²) < 4.78 is 0. The summed E-state index contributed by atoms with van der Waals surface area (Å²) in [5.41, 5.74) is 7.25. The standard InChI is InChI=1S/C21H28N4OS/c1-14(2)6-7-15(3)24-25-20(26)19-10-8-18(9-11-19)13-27-21-22-16(4)12-17(5)23-21/h8-12,14H,6-7,13H2,1-5H3,(H,25,26)/b24-15-. The topological polar surface area (TPSA) is 67.2 Å². The first-order valence-corrected chi connectivity index (χ1v) is 10.2. The zero-order valence-corrected chi connectivity index (χ0v) is 17.6. The summed E-state index contributed by atoms with van der Waals surface area (Å²) in [4.78, 5) is 21.1. The van der Waals surface area contributed by atoms with Crippen LogP contribution in [0.1, 0.15) is 60.9 Å². The fourth-order valence-corrected chi connectivity index (χ4v) is 3.33. The van der Waals surface area contributed by atoms with Crippen molar-refractivity contribution in [2.24, 2.45) is 11.0 Å². The Morgan fingerprint density at radius 3 is 2.37 bits per heavy atom. The van der Waals surface area contributed by atoms with Gasteiger partial charge in [0.05, 0.1) is 0 Å². The molecule has 0 spiro atoms. The number of amides is 1. The van der Waals surface area contributed by atoms with Crippen LogP contribution >= 0.6 is 11.8 Å². The van der Waals surface area contributed by atoms with E-state index in [1.165, 1.54) is 0 Å². The number of carbonyl (C=O) groups is 1. The van der Waals surface area contributed by atoms with Gasteiger partial charge in [-0.05, 0) is 63.3 Å². The highest BCUT2D eigenvalue weighted by Crippen LogP contribution is 2.20. The fraction of sp³-hybridized carbons (Fsp3) is 0.429. The number of rotatable bonds is 8. The van der Waals surface area contributed by atoms with Crippen molar-refractivity contribution < 1.29 is 4.79 Å². The van der Waals surface area contributed by atoms with Crippen LogP contribution in [0, 0.1) is 19.8 Å². The predicted molar refractivity (Wildman–Crippen MR) is 112 cm³/mol. The second-order valence-corrected chi connectivity index (χ2v) is 8.08. The van der Waals surface area contributed by atoms with Crippen LogP contribution in [-0.4, -0.2) is 21.6 Å². The van der Waals surface area contributed by atoms with Gasteiger partial charge in [-0.25, -0.2) is 15.4 Å². The number of aromatic nitrogens is 2. The molecule has 0 unspecified atom stereocenters. The smallest absolute Gasteiger partial charge is 0.267 e. The molecule has 0 radical (unpaired) electrons. The van der Waals surface area contributed by atoms with Crippen LogP contribution in [0.25, 0.3) is 0 Å². The lowest BCUT2D eigenvalue weighted by molar-refractivity contribution is 0.0954. The minimum absolute atomic E-state index is 0.184. The van der Waals surface area contributed by atoms with Crippen LogP contribution in [0.2, 0.25) is 0 Å². The average Bonchev–Trinajstić information content (AvgIpc) is 2.62. The summed E-state index contributed by atoms with van der Waals surface area (Å²) in [7, 11) is 0.